The van der Waals surface area contributed by atoms with Crippen LogP contribution in [0, 0.1) is 5.82 Å². The summed E-state index contributed by atoms with van der Waals surface area (Å²) in [5.74, 6) is 0.318. The number of aromatic amines is 1. The summed E-state index contributed by atoms with van der Waals surface area (Å²) >= 11 is 0. The van der Waals surface area contributed by atoms with Gasteiger partial charge < -0.3 is 23.9 Å². The number of rotatable bonds is 7. The van der Waals surface area contributed by atoms with Crippen molar-refractivity contribution in [1.82, 2.24) is 19.2 Å². The van der Waals surface area contributed by atoms with Gasteiger partial charge >= 0.3 is 0 Å². The van der Waals surface area contributed by atoms with Crippen LogP contribution in [0.4, 0.5) is 10.1 Å². The van der Waals surface area contributed by atoms with E-state index in [0.29, 0.717) is 17.7 Å². The zero-order valence-electron chi connectivity index (χ0n) is 19.6. The minimum absolute atomic E-state index is 0.0655. The van der Waals surface area contributed by atoms with Crippen molar-refractivity contribution in [3.8, 4) is 5.75 Å². The first-order chi connectivity index (χ1) is 16.5. The normalized spacial score (nSPS) is 15.0. The van der Waals surface area contributed by atoms with Gasteiger partial charge in [0.1, 0.15) is 23.8 Å². The topological polar surface area (TPSA) is 56.2 Å². The number of nitrogens with zero attached hydrogens (tertiary/aromatic N) is 4. The van der Waals surface area contributed by atoms with Crippen LogP contribution in [0.25, 0.3) is 16.6 Å². The number of H-pyrrole nitrogens is 1. The Bertz CT molecular complexity index is 1350. The van der Waals surface area contributed by atoms with E-state index in [1.165, 1.54) is 12.1 Å². The maximum atomic E-state index is 13.9. The third kappa shape index (κ3) is 4.64. The van der Waals surface area contributed by atoms with Gasteiger partial charge in [0.2, 0.25) is 0 Å². The maximum absolute atomic E-state index is 13.9. The van der Waals surface area contributed by atoms with Crippen LogP contribution in [0.2, 0.25) is 0 Å². The number of likely N-dealkylation sites (N-methyl/N-ethyl adjacent to an activating group) is 1. The average Bonchev–Trinajstić information content (AvgIpc) is 3.22. The van der Waals surface area contributed by atoms with Gasteiger partial charge in [0.25, 0.3) is 5.56 Å². The number of halogens is 1. The van der Waals surface area contributed by atoms with Crippen molar-refractivity contribution in [1.29, 1.82) is 0 Å². The van der Waals surface area contributed by atoms with Gasteiger partial charge in [-0.1, -0.05) is 12.1 Å². The molecule has 0 saturated carbocycles. The number of para-hydroxylation sites is 1. The summed E-state index contributed by atoms with van der Waals surface area (Å²) in [7, 11) is 3.98. The standard InChI is InChI=1S/C26H30FN5O2/c1-29(2)13-14-34-24-16-20(27)7-8-23(24)31-11-9-30(10-12-31)17-19-15-25-28-26(33)21-5-3-4-6-22(21)32(25)18-19/h3-8,15-16,18H,9-14,17H2,1-2H3,(H,28,33). The van der Waals surface area contributed by atoms with Crippen LogP contribution in [0.3, 0.4) is 0 Å². The molecule has 4 aromatic rings. The Morgan fingerprint density at radius 3 is 2.65 bits per heavy atom. The van der Waals surface area contributed by atoms with Gasteiger partial charge in [0.05, 0.1) is 16.6 Å². The Morgan fingerprint density at radius 1 is 1.06 bits per heavy atom. The number of hydrogen-bond acceptors (Lipinski definition) is 5. The fourth-order valence-electron chi connectivity index (χ4n) is 4.57. The van der Waals surface area contributed by atoms with E-state index in [4.69, 9.17) is 4.74 Å². The molecule has 2 aromatic heterocycles. The monoisotopic (exact) mass is 463 g/mol. The summed E-state index contributed by atoms with van der Waals surface area (Å²) in [6.07, 6.45) is 2.11. The molecule has 178 valence electrons. The number of aromatic nitrogens is 2. The lowest BCUT2D eigenvalue weighted by molar-refractivity contribution is 0.244. The molecule has 1 fully saturated rings. The van der Waals surface area contributed by atoms with Gasteiger partial charge in [-0.05, 0) is 50.0 Å². The summed E-state index contributed by atoms with van der Waals surface area (Å²) in [5, 5.41) is 0.689. The number of piperazine rings is 1. The summed E-state index contributed by atoms with van der Waals surface area (Å²) < 4.78 is 21.8. The smallest absolute Gasteiger partial charge is 0.258 e. The number of benzene rings is 2. The van der Waals surface area contributed by atoms with Crippen molar-refractivity contribution in [2.45, 2.75) is 6.54 Å². The third-order valence-electron chi connectivity index (χ3n) is 6.36. The average molecular weight is 464 g/mol. The number of nitrogens with one attached hydrogen (secondary N) is 1. The van der Waals surface area contributed by atoms with E-state index in [9.17, 15) is 9.18 Å². The summed E-state index contributed by atoms with van der Waals surface area (Å²) in [6, 6.07) is 14.5. The van der Waals surface area contributed by atoms with Crippen molar-refractivity contribution in [2.24, 2.45) is 0 Å². The lowest BCUT2D eigenvalue weighted by Gasteiger charge is -2.36. The second kappa shape index (κ2) is 9.48. The molecule has 0 radical (unpaired) electrons. The fourth-order valence-corrected chi connectivity index (χ4v) is 4.57. The number of ether oxygens (including phenoxy) is 1. The number of hydrogen-bond donors (Lipinski definition) is 1. The van der Waals surface area contributed by atoms with E-state index in [1.54, 1.807) is 0 Å². The van der Waals surface area contributed by atoms with E-state index in [-0.39, 0.29) is 11.4 Å². The second-order valence-electron chi connectivity index (χ2n) is 9.10. The van der Waals surface area contributed by atoms with Crippen LogP contribution < -0.4 is 15.2 Å². The number of fused-ring (bicyclic) bond motifs is 3. The molecule has 1 saturated heterocycles. The fraction of sp³-hybridized carbons (Fsp3) is 0.346. The minimum atomic E-state index is -0.284. The molecule has 1 aliphatic rings. The molecule has 34 heavy (non-hydrogen) atoms. The molecule has 8 heteroatoms. The van der Waals surface area contributed by atoms with E-state index < -0.39 is 0 Å². The first-order valence-electron chi connectivity index (χ1n) is 11.6. The Hall–Kier alpha value is -3.36. The molecule has 0 aliphatic carbocycles. The molecule has 0 unspecified atom stereocenters. The molecule has 0 bridgehead atoms. The zero-order chi connectivity index (χ0) is 23.7. The highest BCUT2D eigenvalue weighted by atomic mass is 19.1. The first-order valence-corrected chi connectivity index (χ1v) is 11.6. The summed E-state index contributed by atoms with van der Waals surface area (Å²) in [5.41, 5.74) is 3.76. The lowest BCUT2D eigenvalue weighted by atomic mass is 10.2. The lowest BCUT2D eigenvalue weighted by Crippen LogP contribution is -2.46. The third-order valence-corrected chi connectivity index (χ3v) is 6.36. The van der Waals surface area contributed by atoms with Gasteiger partial charge in [-0.2, -0.15) is 0 Å². The second-order valence-corrected chi connectivity index (χ2v) is 9.10. The maximum Gasteiger partial charge on any atom is 0.258 e. The number of anilines is 1. The van der Waals surface area contributed by atoms with Gasteiger partial charge in [-0.15, -0.1) is 0 Å². The van der Waals surface area contributed by atoms with E-state index >= 15 is 0 Å². The van der Waals surface area contributed by atoms with Crippen LogP contribution in [-0.2, 0) is 6.54 Å². The summed E-state index contributed by atoms with van der Waals surface area (Å²) in [4.78, 5) is 22.1. The highest BCUT2D eigenvalue weighted by Gasteiger charge is 2.21. The van der Waals surface area contributed by atoms with Crippen LogP contribution in [0.15, 0.2) is 59.5 Å². The van der Waals surface area contributed by atoms with Crippen LogP contribution in [0.1, 0.15) is 5.56 Å². The van der Waals surface area contributed by atoms with Gasteiger partial charge in [0.15, 0.2) is 0 Å². The van der Waals surface area contributed by atoms with Gasteiger partial charge in [-0.25, -0.2) is 4.39 Å². The molecular formula is C26H30FN5O2. The molecule has 1 aliphatic heterocycles. The van der Waals surface area contributed by atoms with Crippen molar-refractivity contribution in [3.63, 3.8) is 0 Å². The molecule has 0 atom stereocenters. The predicted molar refractivity (Wildman–Crippen MR) is 133 cm³/mol. The predicted octanol–water partition coefficient (Wildman–Crippen LogP) is 3.18. The van der Waals surface area contributed by atoms with E-state index in [1.807, 2.05) is 49.3 Å². The van der Waals surface area contributed by atoms with Crippen molar-refractivity contribution in [3.05, 3.63) is 76.5 Å². The Labute approximate surface area is 198 Å². The molecule has 0 amide bonds. The molecule has 7 nitrogen and oxygen atoms in total. The van der Waals surface area contributed by atoms with Crippen LogP contribution >= 0.6 is 0 Å². The molecule has 3 heterocycles. The van der Waals surface area contributed by atoms with E-state index in [0.717, 1.165) is 61.7 Å². The first kappa shape index (κ1) is 22.4. The highest BCUT2D eigenvalue weighted by molar-refractivity contribution is 5.80. The largest absolute Gasteiger partial charge is 0.490 e. The SMILES string of the molecule is CN(C)CCOc1cc(F)ccc1N1CCN(Cc2cc3[nH]c(=O)c4ccccc4n3c2)CC1. The van der Waals surface area contributed by atoms with E-state index in [2.05, 4.69) is 31.4 Å². The Kier molecular flexibility index (Phi) is 6.26. The Morgan fingerprint density at radius 2 is 1.85 bits per heavy atom. The van der Waals surface area contributed by atoms with Gasteiger partial charge in [-0.3, -0.25) is 9.69 Å². The molecule has 1 N–H and O–H groups in total. The van der Waals surface area contributed by atoms with Crippen LogP contribution in [-0.4, -0.2) is 72.6 Å². The molecule has 5 rings (SSSR count). The van der Waals surface area contributed by atoms with Crippen LogP contribution in [0.5, 0.6) is 5.75 Å². The minimum Gasteiger partial charge on any atom is -0.490 e. The molecular weight excluding hydrogens is 433 g/mol. The summed E-state index contributed by atoms with van der Waals surface area (Å²) in [6.45, 7) is 5.54. The van der Waals surface area contributed by atoms with Crippen molar-refractivity contribution >= 4 is 22.2 Å². The van der Waals surface area contributed by atoms with Gasteiger partial charge in [0, 0.05) is 51.5 Å². The Balaban J connectivity index is 1.27. The van der Waals surface area contributed by atoms with Crippen molar-refractivity contribution in [2.75, 3.05) is 58.3 Å². The highest BCUT2D eigenvalue weighted by Crippen LogP contribution is 2.30. The molecule has 2 aromatic carbocycles. The van der Waals surface area contributed by atoms with Crippen molar-refractivity contribution < 1.29 is 9.13 Å². The zero-order valence-corrected chi connectivity index (χ0v) is 19.6. The molecule has 0 spiro atoms. The quantitative estimate of drug-likeness (QED) is 0.456.